The Hall–Kier alpha value is -2.77. The summed E-state index contributed by atoms with van der Waals surface area (Å²) in [4.78, 5) is 29.0. The summed E-state index contributed by atoms with van der Waals surface area (Å²) in [5.74, 6) is 1.52. The number of hydrogen-bond acceptors (Lipinski definition) is 4. The molecule has 3 aromatic rings. The van der Waals surface area contributed by atoms with E-state index in [1.165, 1.54) is 0 Å². The summed E-state index contributed by atoms with van der Waals surface area (Å²) in [5, 5.41) is 3.11. The second kappa shape index (κ2) is 14.8. The minimum atomic E-state index is -0.636. The second-order valence-electron chi connectivity index (χ2n) is 9.02. The molecule has 0 saturated carbocycles. The van der Waals surface area contributed by atoms with Gasteiger partial charge in [-0.2, -0.15) is 0 Å². The smallest absolute Gasteiger partial charge is 0.243 e. The number of hydrogen-bond donors (Lipinski definition) is 1. The van der Waals surface area contributed by atoms with Gasteiger partial charge in [0.2, 0.25) is 11.8 Å². The highest BCUT2D eigenvalue weighted by Gasteiger charge is 2.31. The van der Waals surface area contributed by atoms with Gasteiger partial charge in [-0.05, 0) is 54.3 Å². The van der Waals surface area contributed by atoms with Gasteiger partial charge in [0.1, 0.15) is 11.8 Å². The Morgan fingerprint density at radius 3 is 2.35 bits per heavy atom. The highest BCUT2D eigenvalue weighted by atomic mass is 79.9. The zero-order valence-electron chi connectivity index (χ0n) is 21.7. The number of benzene rings is 3. The summed E-state index contributed by atoms with van der Waals surface area (Å²) in [6.45, 7) is 4.34. The minimum Gasteiger partial charge on any atom is -0.497 e. The van der Waals surface area contributed by atoms with Gasteiger partial charge in [-0.3, -0.25) is 9.59 Å². The van der Waals surface area contributed by atoms with Crippen LogP contribution in [0.5, 0.6) is 5.75 Å². The lowest BCUT2D eigenvalue weighted by atomic mass is 10.0. The van der Waals surface area contributed by atoms with Crippen LogP contribution in [0.25, 0.3) is 0 Å². The van der Waals surface area contributed by atoms with Crippen molar-refractivity contribution in [2.45, 2.75) is 51.1 Å². The molecule has 0 bridgehead atoms. The first-order valence-corrected chi connectivity index (χ1v) is 14.4. The quantitative estimate of drug-likeness (QED) is 0.259. The normalized spacial score (nSPS) is 12.4. The predicted molar refractivity (Wildman–Crippen MR) is 156 cm³/mol. The predicted octanol–water partition coefficient (Wildman–Crippen LogP) is 6.25. The second-order valence-corrected chi connectivity index (χ2v) is 10.9. The van der Waals surface area contributed by atoms with Crippen LogP contribution in [0.4, 0.5) is 0 Å². The summed E-state index contributed by atoms with van der Waals surface area (Å²) < 4.78 is 6.43. The van der Waals surface area contributed by atoms with E-state index in [2.05, 4.69) is 21.2 Å². The van der Waals surface area contributed by atoms with Crippen LogP contribution in [-0.4, -0.2) is 41.7 Å². The van der Waals surface area contributed by atoms with Crippen LogP contribution in [0.15, 0.2) is 83.3 Å². The standard InChI is InChI=1S/C30H35BrN2O3S/c1-4-22(2)32-30(35)28(18-23-9-6-5-7-10-23)33(19-25-11-8-12-27(17-25)36-3)29(34)21-37-20-24-13-15-26(31)16-14-24/h5-17,22,28H,4,18-21H2,1-3H3,(H,32,35). The molecule has 2 atom stereocenters. The van der Waals surface area contributed by atoms with E-state index in [1.807, 2.05) is 92.7 Å². The number of halogens is 1. The summed E-state index contributed by atoms with van der Waals surface area (Å²) >= 11 is 5.02. The number of methoxy groups -OCH3 is 1. The van der Waals surface area contributed by atoms with E-state index in [-0.39, 0.29) is 23.6 Å². The van der Waals surface area contributed by atoms with Crippen molar-refractivity contribution in [3.05, 3.63) is 100 Å². The topological polar surface area (TPSA) is 58.6 Å². The van der Waals surface area contributed by atoms with Gasteiger partial charge in [-0.15, -0.1) is 11.8 Å². The maximum absolute atomic E-state index is 13.7. The van der Waals surface area contributed by atoms with Crippen molar-refractivity contribution in [1.82, 2.24) is 10.2 Å². The molecule has 3 rings (SSSR count). The zero-order valence-corrected chi connectivity index (χ0v) is 24.1. The Balaban J connectivity index is 1.86. The van der Waals surface area contributed by atoms with Gasteiger partial charge >= 0.3 is 0 Å². The SMILES string of the molecule is CCC(C)NC(=O)C(Cc1ccccc1)N(Cc1cccc(OC)c1)C(=O)CSCc1ccc(Br)cc1. The van der Waals surface area contributed by atoms with Crippen molar-refractivity contribution >= 4 is 39.5 Å². The van der Waals surface area contributed by atoms with Gasteiger partial charge in [0.05, 0.1) is 12.9 Å². The summed E-state index contributed by atoms with van der Waals surface area (Å²) in [6, 6.07) is 25.0. The van der Waals surface area contributed by atoms with E-state index in [0.717, 1.165) is 33.3 Å². The van der Waals surface area contributed by atoms with Gasteiger partial charge in [0.15, 0.2) is 0 Å². The third-order valence-corrected chi connectivity index (χ3v) is 7.68. The molecular formula is C30H35BrN2O3S. The van der Waals surface area contributed by atoms with Gasteiger partial charge in [0, 0.05) is 29.2 Å². The summed E-state index contributed by atoms with van der Waals surface area (Å²) in [5.41, 5.74) is 3.08. The molecule has 7 heteroatoms. The molecule has 2 unspecified atom stereocenters. The van der Waals surface area contributed by atoms with Crippen LogP contribution in [0.2, 0.25) is 0 Å². The molecule has 0 fully saturated rings. The molecule has 0 radical (unpaired) electrons. The van der Waals surface area contributed by atoms with Crippen molar-refractivity contribution in [2.75, 3.05) is 12.9 Å². The molecule has 3 aromatic carbocycles. The van der Waals surface area contributed by atoms with Crippen LogP contribution < -0.4 is 10.1 Å². The third-order valence-electron chi connectivity index (χ3n) is 6.17. The molecule has 1 N–H and O–H groups in total. The number of ether oxygens (including phenoxy) is 1. The van der Waals surface area contributed by atoms with Gasteiger partial charge in [-0.25, -0.2) is 0 Å². The highest BCUT2D eigenvalue weighted by Crippen LogP contribution is 2.21. The average Bonchev–Trinajstić information content (AvgIpc) is 2.92. The fraction of sp³-hybridized carbons (Fsp3) is 0.333. The van der Waals surface area contributed by atoms with Crippen LogP contribution in [-0.2, 0) is 28.3 Å². The lowest BCUT2D eigenvalue weighted by Crippen LogP contribution is -2.52. The molecule has 0 heterocycles. The molecule has 0 saturated heterocycles. The molecule has 196 valence electrons. The molecule has 0 aliphatic rings. The van der Waals surface area contributed by atoms with E-state index in [1.54, 1.807) is 23.8 Å². The molecule has 37 heavy (non-hydrogen) atoms. The maximum Gasteiger partial charge on any atom is 0.243 e. The lowest BCUT2D eigenvalue weighted by Gasteiger charge is -2.32. The first-order chi connectivity index (χ1) is 17.9. The zero-order chi connectivity index (χ0) is 26.6. The van der Waals surface area contributed by atoms with E-state index in [9.17, 15) is 9.59 Å². The van der Waals surface area contributed by atoms with Crippen LogP contribution >= 0.6 is 27.7 Å². The van der Waals surface area contributed by atoms with Crippen LogP contribution in [0.1, 0.15) is 37.0 Å². The van der Waals surface area contributed by atoms with Crippen LogP contribution in [0.3, 0.4) is 0 Å². The van der Waals surface area contributed by atoms with Gasteiger partial charge < -0.3 is 15.0 Å². The molecule has 0 spiro atoms. The van der Waals surface area contributed by atoms with E-state index >= 15 is 0 Å². The van der Waals surface area contributed by atoms with Crippen molar-refractivity contribution in [3.8, 4) is 5.75 Å². The lowest BCUT2D eigenvalue weighted by molar-refractivity contribution is -0.139. The Kier molecular flexibility index (Phi) is 11.5. The molecule has 5 nitrogen and oxygen atoms in total. The monoisotopic (exact) mass is 582 g/mol. The van der Waals surface area contributed by atoms with Crippen molar-refractivity contribution in [3.63, 3.8) is 0 Å². The minimum absolute atomic E-state index is 0.0197. The largest absolute Gasteiger partial charge is 0.497 e. The molecule has 0 aliphatic carbocycles. The number of carbonyl (C=O) groups excluding carboxylic acids is 2. The van der Waals surface area contributed by atoms with Crippen molar-refractivity contribution < 1.29 is 14.3 Å². The first-order valence-electron chi connectivity index (χ1n) is 12.5. The Morgan fingerprint density at radius 2 is 1.68 bits per heavy atom. The van der Waals surface area contributed by atoms with E-state index in [0.29, 0.717) is 18.7 Å². The molecular weight excluding hydrogens is 548 g/mol. The fourth-order valence-electron chi connectivity index (χ4n) is 3.88. The molecule has 0 aromatic heterocycles. The Morgan fingerprint density at radius 1 is 0.973 bits per heavy atom. The number of thioether (sulfide) groups is 1. The third kappa shape index (κ3) is 9.24. The summed E-state index contributed by atoms with van der Waals surface area (Å²) in [6.07, 6.45) is 1.26. The molecule has 2 amide bonds. The maximum atomic E-state index is 13.7. The number of amides is 2. The number of nitrogens with zero attached hydrogens (tertiary/aromatic N) is 1. The Bertz CT molecular complexity index is 1140. The first kappa shape index (κ1) is 28.8. The van der Waals surface area contributed by atoms with E-state index in [4.69, 9.17) is 4.74 Å². The number of carbonyl (C=O) groups is 2. The average molecular weight is 584 g/mol. The van der Waals surface area contributed by atoms with Crippen molar-refractivity contribution in [2.24, 2.45) is 0 Å². The highest BCUT2D eigenvalue weighted by molar-refractivity contribution is 9.10. The number of nitrogens with one attached hydrogen (secondary N) is 1. The summed E-state index contributed by atoms with van der Waals surface area (Å²) in [7, 11) is 1.62. The van der Waals surface area contributed by atoms with Gasteiger partial charge in [-0.1, -0.05) is 77.5 Å². The van der Waals surface area contributed by atoms with E-state index < -0.39 is 6.04 Å². The number of rotatable bonds is 13. The Labute approximate surface area is 233 Å². The van der Waals surface area contributed by atoms with Crippen molar-refractivity contribution in [1.29, 1.82) is 0 Å². The molecule has 0 aliphatic heterocycles. The fourth-order valence-corrected chi connectivity index (χ4v) is 5.02. The van der Waals surface area contributed by atoms with Crippen LogP contribution in [0, 0.1) is 0 Å². The van der Waals surface area contributed by atoms with Gasteiger partial charge in [0.25, 0.3) is 0 Å².